The zero-order valence-corrected chi connectivity index (χ0v) is 9.94. The number of hydrogen-bond donors (Lipinski definition) is 0. The molecule has 1 saturated carbocycles. The van der Waals surface area contributed by atoms with Crippen molar-refractivity contribution >= 4 is 33.3 Å². The highest BCUT2D eigenvalue weighted by Gasteiger charge is 2.26. The lowest BCUT2D eigenvalue weighted by Gasteiger charge is -2.23. The SMILES string of the molecule is O=C(c1ccc(Br)c(Cl)c1)C1CCC1. The molecule has 1 fully saturated rings. The Hall–Kier alpha value is -0.340. The van der Waals surface area contributed by atoms with Gasteiger partial charge in [-0.1, -0.05) is 24.1 Å². The molecular weight excluding hydrogens is 263 g/mol. The monoisotopic (exact) mass is 272 g/mol. The van der Waals surface area contributed by atoms with Crippen molar-refractivity contribution in [3.63, 3.8) is 0 Å². The Kier molecular flexibility index (Phi) is 2.93. The molecular formula is C11H10BrClO. The average Bonchev–Trinajstić information content (AvgIpc) is 2.06. The molecule has 14 heavy (non-hydrogen) atoms. The molecule has 1 aliphatic carbocycles. The number of benzene rings is 1. The quantitative estimate of drug-likeness (QED) is 0.742. The standard InChI is InChI=1S/C11H10BrClO/c12-9-5-4-8(6-10(9)13)11(14)7-2-1-3-7/h4-7H,1-3H2. The Bertz CT molecular complexity index is 372. The number of hydrogen-bond acceptors (Lipinski definition) is 1. The van der Waals surface area contributed by atoms with Gasteiger partial charge in [0.2, 0.25) is 0 Å². The summed E-state index contributed by atoms with van der Waals surface area (Å²) in [6, 6.07) is 5.40. The third-order valence-electron chi connectivity index (χ3n) is 2.68. The van der Waals surface area contributed by atoms with Crippen LogP contribution in [0, 0.1) is 5.92 Å². The van der Waals surface area contributed by atoms with Crippen molar-refractivity contribution in [2.45, 2.75) is 19.3 Å². The van der Waals surface area contributed by atoms with Gasteiger partial charge >= 0.3 is 0 Å². The molecule has 0 amide bonds. The molecule has 0 saturated heterocycles. The first-order valence-electron chi connectivity index (χ1n) is 4.68. The average molecular weight is 274 g/mol. The summed E-state index contributed by atoms with van der Waals surface area (Å²) >= 11 is 9.23. The molecule has 0 N–H and O–H groups in total. The minimum Gasteiger partial charge on any atom is -0.294 e. The second kappa shape index (κ2) is 4.03. The smallest absolute Gasteiger partial charge is 0.165 e. The van der Waals surface area contributed by atoms with Crippen LogP contribution in [0.15, 0.2) is 22.7 Å². The second-order valence-electron chi connectivity index (χ2n) is 3.62. The molecule has 1 nitrogen and oxygen atoms in total. The highest BCUT2D eigenvalue weighted by atomic mass is 79.9. The summed E-state index contributed by atoms with van der Waals surface area (Å²) in [7, 11) is 0. The fourth-order valence-electron chi connectivity index (χ4n) is 1.56. The Morgan fingerprint density at radius 1 is 1.43 bits per heavy atom. The molecule has 1 aromatic rings. The molecule has 0 radical (unpaired) electrons. The first-order valence-corrected chi connectivity index (χ1v) is 5.85. The Labute approximate surface area is 96.6 Å². The van der Waals surface area contributed by atoms with Gasteiger partial charge in [-0.2, -0.15) is 0 Å². The molecule has 1 aliphatic rings. The minimum absolute atomic E-state index is 0.241. The first-order chi connectivity index (χ1) is 6.68. The van der Waals surface area contributed by atoms with Gasteiger partial charge in [-0.05, 0) is 40.9 Å². The molecule has 0 heterocycles. The van der Waals surface area contributed by atoms with Crippen LogP contribution in [-0.2, 0) is 0 Å². The topological polar surface area (TPSA) is 17.1 Å². The van der Waals surface area contributed by atoms with Gasteiger partial charge in [-0.25, -0.2) is 0 Å². The second-order valence-corrected chi connectivity index (χ2v) is 4.88. The molecule has 74 valence electrons. The van der Waals surface area contributed by atoms with E-state index < -0.39 is 0 Å². The molecule has 0 aromatic heterocycles. The van der Waals surface area contributed by atoms with Crippen molar-refractivity contribution in [2.75, 3.05) is 0 Å². The Morgan fingerprint density at radius 2 is 2.14 bits per heavy atom. The first kappa shape index (κ1) is 10.2. The van der Waals surface area contributed by atoms with Crippen molar-refractivity contribution in [2.24, 2.45) is 5.92 Å². The van der Waals surface area contributed by atoms with Gasteiger partial charge < -0.3 is 0 Å². The molecule has 2 rings (SSSR count). The van der Waals surface area contributed by atoms with E-state index in [1.165, 1.54) is 6.42 Å². The van der Waals surface area contributed by atoms with E-state index in [0.29, 0.717) is 5.02 Å². The molecule has 0 atom stereocenters. The van der Waals surface area contributed by atoms with Gasteiger partial charge in [0.05, 0.1) is 5.02 Å². The molecule has 0 bridgehead atoms. The normalized spacial score (nSPS) is 16.4. The largest absolute Gasteiger partial charge is 0.294 e. The predicted molar refractivity (Wildman–Crippen MR) is 60.8 cm³/mol. The fraction of sp³-hybridized carbons (Fsp3) is 0.364. The van der Waals surface area contributed by atoms with Gasteiger partial charge in [0.25, 0.3) is 0 Å². The number of halogens is 2. The maximum Gasteiger partial charge on any atom is 0.165 e. The number of carbonyl (C=O) groups excluding carboxylic acids is 1. The van der Waals surface area contributed by atoms with Crippen LogP contribution in [0.1, 0.15) is 29.6 Å². The van der Waals surface area contributed by atoms with Gasteiger partial charge in [0.15, 0.2) is 5.78 Å². The lowest BCUT2D eigenvalue weighted by atomic mass is 9.80. The van der Waals surface area contributed by atoms with E-state index >= 15 is 0 Å². The van der Waals surface area contributed by atoms with Crippen LogP contribution in [0.2, 0.25) is 5.02 Å². The van der Waals surface area contributed by atoms with Crippen LogP contribution in [0.3, 0.4) is 0 Å². The summed E-state index contributed by atoms with van der Waals surface area (Å²) in [5.74, 6) is 0.484. The van der Waals surface area contributed by atoms with E-state index in [2.05, 4.69) is 15.9 Å². The van der Waals surface area contributed by atoms with Crippen molar-refractivity contribution < 1.29 is 4.79 Å². The van der Waals surface area contributed by atoms with Crippen molar-refractivity contribution in [1.29, 1.82) is 0 Å². The maximum absolute atomic E-state index is 11.8. The molecule has 0 unspecified atom stereocenters. The van der Waals surface area contributed by atoms with Gasteiger partial charge in [-0.15, -0.1) is 0 Å². The van der Waals surface area contributed by atoms with Crippen molar-refractivity contribution in [3.8, 4) is 0 Å². The number of carbonyl (C=O) groups is 1. The summed E-state index contributed by atoms with van der Waals surface area (Å²) in [4.78, 5) is 11.8. The van der Waals surface area contributed by atoms with Crippen LogP contribution in [0.25, 0.3) is 0 Å². The third-order valence-corrected chi connectivity index (χ3v) is 3.91. The van der Waals surface area contributed by atoms with Crippen molar-refractivity contribution in [1.82, 2.24) is 0 Å². The van der Waals surface area contributed by atoms with Crippen LogP contribution in [0.4, 0.5) is 0 Å². The lowest BCUT2D eigenvalue weighted by molar-refractivity contribution is 0.0855. The lowest BCUT2D eigenvalue weighted by Crippen LogP contribution is -2.21. The van der Waals surface area contributed by atoms with E-state index in [4.69, 9.17) is 11.6 Å². The Morgan fingerprint density at radius 3 is 2.64 bits per heavy atom. The molecule has 3 heteroatoms. The maximum atomic E-state index is 11.8. The summed E-state index contributed by atoms with van der Waals surface area (Å²) in [6.07, 6.45) is 3.25. The summed E-state index contributed by atoms with van der Waals surface area (Å²) < 4.78 is 0.837. The Balaban J connectivity index is 2.23. The summed E-state index contributed by atoms with van der Waals surface area (Å²) in [6.45, 7) is 0. The number of rotatable bonds is 2. The van der Waals surface area contributed by atoms with E-state index in [-0.39, 0.29) is 11.7 Å². The van der Waals surface area contributed by atoms with E-state index in [1.807, 2.05) is 12.1 Å². The van der Waals surface area contributed by atoms with Gasteiger partial charge in [0, 0.05) is 16.0 Å². The van der Waals surface area contributed by atoms with E-state index in [0.717, 1.165) is 22.9 Å². The van der Waals surface area contributed by atoms with E-state index in [1.54, 1.807) is 6.07 Å². The van der Waals surface area contributed by atoms with Crippen molar-refractivity contribution in [3.05, 3.63) is 33.3 Å². The zero-order chi connectivity index (χ0) is 10.1. The summed E-state index contributed by atoms with van der Waals surface area (Å²) in [5, 5.41) is 0.607. The number of Topliss-reactive ketones (excluding diaryl/α,β-unsaturated/α-hetero) is 1. The highest BCUT2D eigenvalue weighted by Crippen LogP contribution is 2.31. The minimum atomic E-state index is 0.241. The van der Waals surface area contributed by atoms with Gasteiger partial charge in [-0.3, -0.25) is 4.79 Å². The molecule has 0 spiro atoms. The summed E-state index contributed by atoms with van der Waals surface area (Å²) in [5.41, 5.74) is 0.739. The highest BCUT2D eigenvalue weighted by molar-refractivity contribution is 9.10. The molecule has 1 aromatic carbocycles. The van der Waals surface area contributed by atoms with Crippen LogP contribution < -0.4 is 0 Å². The predicted octanol–water partition coefficient (Wildman–Crippen LogP) is 4.09. The number of ketones is 1. The third kappa shape index (κ3) is 1.86. The molecule has 0 aliphatic heterocycles. The van der Waals surface area contributed by atoms with E-state index in [9.17, 15) is 4.79 Å². The fourth-order valence-corrected chi connectivity index (χ4v) is 1.98. The van der Waals surface area contributed by atoms with Gasteiger partial charge in [0.1, 0.15) is 0 Å². The van der Waals surface area contributed by atoms with Crippen LogP contribution in [-0.4, -0.2) is 5.78 Å². The van der Waals surface area contributed by atoms with Crippen LogP contribution in [0.5, 0.6) is 0 Å². The van der Waals surface area contributed by atoms with Crippen LogP contribution >= 0.6 is 27.5 Å². The zero-order valence-electron chi connectivity index (χ0n) is 7.59.